The van der Waals surface area contributed by atoms with Gasteiger partial charge in [-0.1, -0.05) is 0 Å². The van der Waals surface area contributed by atoms with Crippen molar-refractivity contribution in [2.75, 3.05) is 13.4 Å². The average Bonchev–Trinajstić information content (AvgIpc) is 3.05. The molecule has 0 aliphatic rings. The number of rotatable bonds is 5. The molecule has 0 unspecified atom stereocenters. The van der Waals surface area contributed by atoms with Crippen LogP contribution in [0.25, 0.3) is 16.9 Å². The lowest BCUT2D eigenvalue weighted by molar-refractivity contribution is 0.112. The predicted octanol–water partition coefficient (Wildman–Crippen LogP) is 2.76. The van der Waals surface area contributed by atoms with Crippen LogP contribution in [0.3, 0.4) is 0 Å². The first-order chi connectivity index (χ1) is 11.9. The normalized spacial score (nSPS) is 11.3. The third-order valence-corrected chi connectivity index (χ3v) is 4.89. The summed E-state index contributed by atoms with van der Waals surface area (Å²) < 4.78 is 29.8. The molecule has 0 saturated carbocycles. The lowest BCUT2D eigenvalue weighted by Crippen LogP contribution is -1.99. The fourth-order valence-electron chi connectivity index (χ4n) is 2.43. The summed E-state index contributed by atoms with van der Waals surface area (Å²) in [7, 11) is -1.67. The van der Waals surface area contributed by atoms with Crippen molar-refractivity contribution in [3.05, 3.63) is 60.3 Å². The second-order valence-electron chi connectivity index (χ2n) is 5.49. The smallest absolute Gasteiger partial charge is 0.175 e. The van der Waals surface area contributed by atoms with Crippen LogP contribution in [0.4, 0.5) is 0 Å². The van der Waals surface area contributed by atoms with Crippen LogP contribution in [0.2, 0.25) is 0 Å². The first kappa shape index (κ1) is 16.9. The van der Waals surface area contributed by atoms with Crippen LogP contribution in [0.15, 0.2) is 59.6 Å². The minimum absolute atomic E-state index is 0.231. The monoisotopic (exact) mass is 356 g/mol. The molecule has 0 aliphatic carbocycles. The van der Waals surface area contributed by atoms with Crippen LogP contribution in [0, 0.1) is 0 Å². The van der Waals surface area contributed by atoms with Crippen LogP contribution in [0.1, 0.15) is 10.4 Å². The van der Waals surface area contributed by atoms with E-state index in [0.29, 0.717) is 22.7 Å². The van der Waals surface area contributed by atoms with E-state index in [1.165, 1.54) is 12.1 Å². The van der Waals surface area contributed by atoms with E-state index in [1.807, 2.05) is 12.1 Å². The number of hydrogen-bond donors (Lipinski definition) is 0. The number of hydrogen-bond acceptors (Lipinski definition) is 5. The molecule has 1 heterocycles. The predicted molar refractivity (Wildman–Crippen MR) is 94.0 cm³/mol. The number of aromatic nitrogens is 2. The Morgan fingerprint density at radius 3 is 2.20 bits per heavy atom. The molecular formula is C18H16N2O4S. The molecule has 0 amide bonds. The third-order valence-electron chi connectivity index (χ3n) is 3.76. The van der Waals surface area contributed by atoms with Gasteiger partial charge < -0.3 is 4.74 Å². The highest BCUT2D eigenvalue weighted by molar-refractivity contribution is 7.90. The summed E-state index contributed by atoms with van der Waals surface area (Å²) in [4.78, 5) is 11.6. The van der Waals surface area contributed by atoms with Crippen molar-refractivity contribution >= 4 is 16.1 Å². The van der Waals surface area contributed by atoms with Gasteiger partial charge in [0, 0.05) is 18.0 Å². The van der Waals surface area contributed by atoms with Crippen LogP contribution < -0.4 is 4.74 Å². The lowest BCUT2D eigenvalue weighted by Gasteiger charge is -2.03. The summed E-state index contributed by atoms with van der Waals surface area (Å²) in [5.41, 5.74) is 2.44. The molecule has 1 aromatic heterocycles. The Labute approximate surface area is 145 Å². The van der Waals surface area contributed by atoms with Crippen LogP contribution >= 0.6 is 0 Å². The van der Waals surface area contributed by atoms with Crippen molar-refractivity contribution in [1.82, 2.24) is 9.78 Å². The average molecular weight is 356 g/mol. The summed E-state index contributed by atoms with van der Waals surface area (Å²) in [5, 5.41) is 4.46. The number of nitrogens with zero attached hydrogens (tertiary/aromatic N) is 2. The van der Waals surface area contributed by atoms with Gasteiger partial charge in [0.15, 0.2) is 16.1 Å². The summed E-state index contributed by atoms with van der Waals surface area (Å²) in [6, 6.07) is 13.6. The topological polar surface area (TPSA) is 78.3 Å². The highest BCUT2D eigenvalue weighted by Gasteiger charge is 2.13. The Kier molecular flexibility index (Phi) is 4.41. The van der Waals surface area contributed by atoms with Gasteiger partial charge in [-0.15, -0.1) is 0 Å². The number of aldehydes is 1. The summed E-state index contributed by atoms with van der Waals surface area (Å²) in [6.45, 7) is 0. The van der Waals surface area contributed by atoms with Gasteiger partial charge in [0.1, 0.15) is 11.4 Å². The maximum absolute atomic E-state index is 11.5. The summed E-state index contributed by atoms with van der Waals surface area (Å²) in [5.74, 6) is 0.715. The quantitative estimate of drug-likeness (QED) is 0.657. The van der Waals surface area contributed by atoms with E-state index >= 15 is 0 Å². The molecule has 0 spiro atoms. The Morgan fingerprint density at radius 2 is 1.68 bits per heavy atom. The lowest BCUT2D eigenvalue weighted by atomic mass is 10.1. The van der Waals surface area contributed by atoms with Gasteiger partial charge in [0.25, 0.3) is 0 Å². The molecule has 2 aromatic carbocycles. The number of carbonyl (C=O) groups excluding carboxylic acids is 1. The van der Waals surface area contributed by atoms with Crippen LogP contribution in [-0.4, -0.2) is 37.9 Å². The van der Waals surface area contributed by atoms with Gasteiger partial charge in [0.2, 0.25) is 0 Å². The number of carbonyl (C=O) groups is 1. The zero-order chi connectivity index (χ0) is 18.0. The van der Waals surface area contributed by atoms with Gasteiger partial charge in [-0.3, -0.25) is 4.79 Å². The van der Waals surface area contributed by atoms with E-state index in [0.717, 1.165) is 18.1 Å². The minimum atomic E-state index is -3.26. The Hall–Kier alpha value is -2.93. The van der Waals surface area contributed by atoms with Crippen LogP contribution in [-0.2, 0) is 9.84 Å². The maximum Gasteiger partial charge on any atom is 0.175 e. The van der Waals surface area contributed by atoms with Crippen molar-refractivity contribution in [2.45, 2.75) is 4.90 Å². The summed E-state index contributed by atoms with van der Waals surface area (Å²) in [6.07, 6.45) is 3.51. The molecular weight excluding hydrogens is 340 g/mol. The molecule has 7 heteroatoms. The Balaban J connectivity index is 2.01. The zero-order valence-electron chi connectivity index (χ0n) is 13.7. The fourth-order valence-corrected chi connectivity index (χ4v) is 3.06. The molecule has 3 aromatic rings. The number of benzene rings is 2. The first-order valence-electron chi connectivity index (χ1n) is 7.42. The SMILES string of the molecule is COc1ccc(-c2nn(-c3ccc(S(C)(=O)=O)cc3)cc2C=O)cc1. The van der Waals surface area contributed by atoms with Gasteiger partial charge in [-0.25, -0.2) is 13.1 Å². The van der Waals surface area contributed by atoms with E-state index in [-0.39, 0.29) is 4.90 Å². The van der Waals surface area contributed by atoms with E-state index in [2.05, 4.69) is 5.10 Å². The van der Waals surface area contributed by atoms with Crippen molar-refractivity contribution in [3.63, 3.8) is 0 Å². The first-order valence-corrected chi connectivity index (χ1v) is 9.31. The number of ether oxygens (including phenoxy) is 1. The highest BCUT2D eigenvalue weighted by atomic mass is 32.2. The van der Waals surface area contributed by atoms with Gasteiger partial charge in [0.05, 0.1) is 23.3 Å². The van der Waals surface area contributed by atoms with Gasteiger partial charge >= 0.3 is 0 Å². The fraction of sp³-hybridized carbons (Fsp3) is 0.111. The number of methoxy groups -OCH3 is 1. The maximum atomic E-state index is 11.5. The largest absolute Gasteiger partial charge is 0.497 e. The number of sulfone groups is 1. The van der Waals surface area contributed by atoms with E-state index in [4.69, 9.17) is 4.74 Å². The minimum Gasteiger partial charge on any atom is -0.497 e. The zero-order valence-corrected chi connectivity index (χ0v) is 14.5. The molecule has 25 heavy (non-hydrogen) atoms. The van der Waals surface area contributed by atoms with Gasteiger partial charge in [-0.05, 0) is 48.5 Å². The molecule has 128 valence electrons. The van der Waals surface area contributed by atoms with E-state index < -0.39 is 9.84 Å². The van der Waals surface area contributed by atoms with E-state index in [9.17, 15) is 13.2 Å². The Morgan fingerprint density at radius 1 is 1.04 bits per heavy atom. The van der Waals surface area contributed by atoms with Crippen molar-refractivity contribution in [3.8, 4) is 22.7 Å². The molecule has 0 atom stereocenters. The Bertz CT molecular complexity index is 1000. The van der Waals surface area contributed by atoms with Crippen molar-refractivity contribution in [1.29, 1.82) is 0 Å². The van der Waals surface area contributed by atoms with Crippen LogP contribution in [0.5, 0.6) is 5.75 Å². The van der Waals surface area contributed by atoms with Gasteiger partial charge in [-0.2, -0.15) is 5.10 Å². The highest BCUT2D eigenvalue weighted by Crippen LogP contribution is 2.25. The second-order valence-corrected chi connectivity index (χ2v) is 7.51. The molecule has 0 N–H and O–H groups in total. The molecule has 0 fully saturated rings. The van der Waals surface area contributed by atoms with Crippen molar-refractivity contribution in [2.24, 2.45) is 0 Å². The molecule has 3 rings (SSSR count). The van der Waals surface area contributed by atoms with Crippen molar-refractivity contribution < 1.29 is 17.9 Å². The van der Waals surface area contributed by atoms with E-state index in [1.54, 1.807) is 42.3 Å². The third kappa shape index (κ3) is 3.46. The standard InChI is InChI=1S/C18H16N2O4S/c1-24-16-7-3-13(4-8-16)18-14(12-21)11-20(19-18)15-5-9-17(10-6-15)25(2,22)23/h3-12H,1-2H3. The molecule has 0 radical (unpaired) electrons. The second kappa shape index (κ2) is 6.52. The molecule has 0 saturated heterocycles. The molecule has 6 nitrogen and oxygen atoms in total. The molecule has 0 bridgehead atoms. The molecule has 0 aliphatic heterocycles. The summed E-state index contributed by atoms with van der Waals surface area (Å²) >= 11 is 0.